The zero-order valence-electron chi connectivity index (χ0n) is 11.5. The quantitative estimate of drug-likeness (QED) is 0.604. The fourth-order valence-corrected chi connectivity index (χ4v) is 3.46. The number of thiocarbonyl (C=S) groups is 1. The van der Waals surface area contributed by atoms with Crippen molar-refractivity contribution in [2.75, 3.05) is 18.5 Å². The molecular formula is C13H20NO3PS. The van der Waals surface area contributed by atoms with E-state index in [0.717, 1.165) is 11.3 Å². The van der Waals surface area contributed by atoms with E-state index in [1.165, 1.54) is 0 Å². The SMILES string of the molecule is CCOP(=O)(Cc1ccc(NC(C)=S)cc1)OCC. The number of anilines is 1. The molecule has 4 nitrogen and oxygen atoms in total. The first-order valence-corrected chi connectivity index (χ1v) is 8.37. The van der Waals surface area contributed by atoms with E-state index in [2.05, 4.69) is 5.32 Å². The second-order valence-electron chi connectivity index (χ2n) is 3.98. The van der Waals surface area contributed by atoms with Crippen LogP contribution in [-0.4, -0.2) is 18.2 Å². The molecule has 0 aliphatic heterocycles. The first-order chi connectivity index (χ1) is 8.99. The predicted octanol–water partition coefficient (Wildman–Crippen LogP) is 4.21. The van der Waals surface area contributed by atoms with E-state index < -0.39 is 7.60 Å². The third-order valence-electron chi connectivity index (χ3n) is 2.30. The summed E-state index contributed by atoms with van der Waals surface area (Å²) < 4.78 is 22.9. The molecule has 0 aromatic heterocycles. The molecule has 1 N–H and O–H groups in total. The molecule has 1 aromatic rings. The van der Waals surface area contributed by atoms with E-state index in [1.54, 1.807) is 13.8 Å². The lowest BCUT2D eigenvalue weighted by molar-refractivity contribution is 0.219. The van der Waals surface area contributed by atoms with Crippen molar-refractivity contribution in [1.29, 1.82) is 0 Å². The van der Waals surface area contributed by atoms with E-state index in [9.17, 15) is 4.57 Å². The van der Waals surface area contributed by atoms with Gasteiger partial charge in [0, 0.05) is 5.69 Å². The Kier molecular flexibility index (Phi) is 6.66. The van der Waals surface area contributed by atoms with Gasteiger partial charge in [0.2, 0.25) is 0 Å². The summed E-state index contributed by atoms with van der Waals surface area (Å²) in [6, 6.07) is 7.58. The van der Waals surface area contributed by atoms with Crippen molar-refractivity contribution in [3.8, 4) is 0 Å². The summed E-state index contributed by atoms with van der Waals surface area (Å²) >= 11 is 4.97. The zero-order valence-corrected chi connectivity index (χ0v) is 13.2. The minimum absolute atomic E-state index is 0.283. The lowest BCUT2D eigenvalue weighted by Gasteiger charge is -2.17. The van der Waals surface area contributed by atoms with Crippen LogP contribution < -0.4 is 5.32 Å². The molecule has 0 heterocycles. The highest BCUT2D eigenvalue weighted by Gasteiger charge is 2.23. The normalized spacial score (nSPS) is 11.3. The van der Waals surface area contributed by atoms with E-state index in [1.807, 2.05) is 31.2 Å². The second-order valence-corrected chi connectivity index (χ2v) is 6.65. The maximum Gasteiger partial charge on any atom is 0.335 e. The molecule has 1 aromatic carbocycles. The highest BCUT2D eigenvalue weighted by atomic mass is 32.1. The van der Waals surface area contributed by atoms with Crippen LogP contribution in [-0.2, 0) is 19.8 Å². The zero-order chi connectivity index (χ0) is 14.3. The summed E-state index contributed by atoms with van der Waals surface area (Å²) in [5.41, 5.74) is 1.83. The van der Waals surface area contributed by atoms with Gasteiger partial charge in [-0.15, -0.1) is 0 Å². The maximum atomic E-state index is 12.4. The Morgan fingerprint density at radius 1 is 1.21 bits per heavy atom. The van der Waals surface area contributed by atoms with Gasteiger partial charge in [0.1, 0.15) is 0 Å². The standard InChI is InChI=1S/C13H20NO3PS/c1-4-16-18(15,17-5-2)10-12-6-8-13(9-7-12)14-11(3)19/h6-9H,4-5,10H2,1-3H3,(H,14,19). The number of nitrogens with one attached hydrogen (secondary N) is 1. The first kappa shape index (κ1) is 16.3. The number of rotatable bonds is 7. The van der Waals surface area contributed by atoms with Crippen LogP contribution in [0.3, 0.4) is 0 Å². The van der Waals surface area contributed by atoms with Gasteiger partial charge in [-0.25, -0.2) is 0 Å². The number of hydrogen-bond acceptors (Lipinski definition) is 4. The molecule has 6 heteroatoms. The van der Waals surface area contributed by atoms with Gasteiger partial charge in [0.15, 0.2) is 0 Å². The first-order valence-electron chi connectivity index (χ1n) is 6.23. The average molecular weight is 301 g/mol. The van der Waals surface area contributed by atoms with Crippen LogP contribution in [0.1, 0.15) is 26.3 Å². The van der Waals surface area contributed by atoms with Crippen LogP contribution in [0, 0.1) is 0 Å². The molecule has 0 radical (unpaired) electrons. The van der Waals surface area contributed by atoms with Crippen LogP contribution in [0.25, 0.3) is 0 Å². The maximum absolute atomic E-state index is 12.4. The van der Waals surface area contributed by atoms with Crippen molar-refractivity contribution < 1.29 is 13.6 Å². The van der Waals surface area contributed by atoms with Crippen LogP contribution in [0.2, 0.25) is 0 Å². The van der Waals surface area contributed by atoms with Crippen molar-refractivity contribution in [3.63, 3.8) is 0 Å². The minimum atomic E-state index is -3.03. The molecule has 0 fully saturated rings. The van der Waals surface area contributed by atoms with Crippen LogP contribution >= 0.6 is 19.8 Å². The fraction of sp³-hybridized carbons (Fsp3) is 0.462. The number of hydrogen-bond donors (Lipinski definition) is 1. The van der Waals surface area contributed by atoms with Crippen molar-refractivity contribution in [3.05, 3.63) is 29.8 Å². The smallest absolute Gasteiger partial charge is 0.335 e. The van der Waals surface area contributed by atoms with Crippen LogP contribution in [0.4, 0.5) is 5.69 Å². The summed E-state index contributed by atoms with van der Waals surface area (Å²) in [4.78, 5) is 0.710. The van der Waals surface area contributed by atoms with Gasteiger partial charge in [-0.1, -0.05) is 24.4 Å². The lowest BCUT2D eigenvalue weighted by atomic mass is 10.2. The largest absolute Gasteiger partial charge is 0.350 e. The lowest BCUT2D eigenvalue weighted by Crippen LogP contribution is -2.03. The number of benzene rings is 1. The third-order valence-corrected chi connectivity index (χ3v) is 4.46. The van der Waals surface area contributed by atoms with Gasteiger partial charge in [-0.05, 0) is 38.5 Å². The summed E-state index contributed by atoms with van der Waals surface area (Å²) in [6.45, 7) is 6.19. The molecule has 1 rings (SSSR count). The highest BCUT2D eigenvalue weighted by molar-refractivity contribution is 7.80. The predicted molar refractivity (Wildman–Crippen MR) is 82.9 cm³/mol. The Morgan fingerprint density at radius 2 is 1.74 bits per heavy atom. The van der Waals surface area contributed by atoms with Gasteiger partial charge in [0.05, 0.1) is 24.4 Å². The minimum Gasteiger partial charge on any atom is -0.350 e. The Labute approximate surface area is 120 Å². The Morgan fingerprint density at radius 3 is 2.16 bits per heavy atom. The Balaban J connectivity index is 2.75. The Bertz CT molecular complexity index is 451. The summed E-state index contributed by atoms with van der Waals surface area (Å²) in [7, 11) is -3.03. The van der Waals surface area contributed by atoms with Crippen molar-refractivity contribution in [1.82, 2.24) is 0 Å². The summed E-state index contributed by atoms with van der Waals surface area (Å²) in [5.74, 6) is 0. The molecule has 0 bridgehead atoms. The van der Waals surface area contributed by atoms with Gasteiger partial charge in [-0.2, -0.15) is 0 Å². The molecule has 0 amide bonds. The van der Waals surface area contributed by atoms with Crippen molar-refractivity contribution in [2.24, 2.45) is 0 Å². The van der Waals surface area contributed by atoms with Crippen LogP contribution in [0.15, 0.2) is 24.3 Å². The molecule has 0 aliphatic carbocycles. The monoisotopic (exact) mass is 301 g/mol. The van der Waals surface area contributed by atoms with E-state index in [0.29, 0.717) is 18.2 Å². The van der Waals surface area contributed by atoms with Gasteiger partial charge in [0.25, 0.3) is 0 Å². The summed E-state index contributed by atoms with van der Waals surface area (Å²) in [5, 5.41) is 3.05. The van der Waals surface area contributed by atoms with Crippen molar-refractivity contribution in [2.45, 2.75) is 26.9 Å². The van der Waals surface area contributed by atoms with Gasteiger partial charge >= 0.3 is 7.60 Å². The van der Waals surface area contributed by atoms with Crippen molar-refractivity contribution >= 4 is 30.5 Å². The molecule has 0 saturated heterocycles. The average Bonchev–Trinajstić information content (AvgIpc) is 2.31. The molecular weight excluding hydrogens is 281 g/mol. The topological polar surface area (TPSA) is 47.6 Å². The van der Waals surface area contributed by atoms with E-state index >= 15 is 0 Å². The van der Waals surface area contributed by atoms with Gasteiger partial charge in [-0.3, -0.25) is 4.57 Å². The van der Waals surface area contributed by atoms with E-state index in [4.69, 9.17) is 21.3 Å². The van der Waals surface area contributed by atoms with E-state index in [-0.39, 0.29) is 6.16 Å². The molecule has 0 spiro atoms. The van der Waals surface area contributed by atoms with Gasteiger partial charge < -0.3 is 14.4 Å². The molecule has 0 atom stereocenters. The van der Waals surface area contributed by atoms with Crippen LogP contribution in [0.5, 0.6) is 0 Å². The molecule has 0 unspecified atom stereocenters. The Hall–Kier alpha value is -0.740. The molecule has 106 valence electrons. The second kappa shape index (κ2) is 7.75. The highest BCUT2D eigenvalue weighted by Crippen LogP contribution is 2.51. The summed E-state index contributed by atoms with van der Waals surface area (Å²) in [6.07, 6.45) is 0.283. The fourth-order valence-electron chi connectivity index (χ4n) is 1.64. The molecule has 19 heavy (non-hydrogen) atoms. The molecule has 0 saturated carbocycles. The molecule has 0 aliphatic rings. The third kappa shape index (κ3) is 5.83.